The number of aromatic nitrogens is 2. The second-order valence-electron chi connectivity index (χ2n) is 5.03. The predicted molar refractivity (Wildman–Crippen MR) is 82.3 cm³/mol. The maximum atomic E-state index is 12.1. The lowest BCUT2D eigenvalue weighted by molar-refractivity contribution is 0.0693. The predicted octanol–water partition coefficient (Wildman–Crippen LogP) is 2.56. The first kappa shape index (κ1) is 15.4. The molecule has 21 heavy (non-hydrogen) atoms. The molecule has 0 amide bonds. The highest BCUT2D eigenvalue weighted by Gasteiger charge is 2.14. The highest BCUT2D eigenvalue weighted by Crippen LogP contribution is 2.17. The van der Waals surface area contributed by atoms with Crippen LogP contribution in [0.3, 0.4) is 0 Å². The van der Waals surface area contributed by atoms with Crippen LogP contribution in [0.2, 0.25) is 0 Å². The van der Waals surface area contributed by atoms with Gasteiger partial charge in [-0.1, -0.05) is 0 Å². The smallest absolute Gasteiger partial charge is 0.341 e. The molecule has 0 unspecified atom stereocenters. The van der Waals surface area contributed by atoms with Crippen LogP contribution in [0.4, 0.5) is 0 Å². The van der Waals surface area contributed by atoms with Crippen LogP contribution in [0, 0.1) is 20.8 Å². The van der Waals surface area contributed by atoms with Crippen molar-refractivity contribution < 1.29 is 9.90 Å². The number of thiazole rings is 1. The van der Waals surface area contributed by atoms with Gasteiger partial charge in [-0.05, 0) is 38.8 Å². The van der Waals surface area contributed by atoms with E-state index < -0.39 is 11.5 Å². The van der Waals surface area contributed by atoms with Crippen LogP contribution in [-0.2, 0) is 13.0 Å². The topological polar surface area (TPSA) is 72.2 Å². The van der Waals surface area contributed by atoms with Crippen LogP contribution < -0.4 is 5.56 Å². The van der Waals surface area contributed by atoms with Crippen LogP contribution in [0.15, 0.2) is 17.1 Å². The summed E-state index contributed by atoms with van der Waals surface area (Å²) in [7, 11) is 0. The summed E-state index contributed by atoms with van der Waals surface area (Å²) in [5, 5.41) is 10.1. The average Bonchev–Trinajstić information content (AvgIpc) is 2.71. The number of pyridine rings is 1. The Labute approximate surface area is 126 Å². The van der Waals surface area contributed by atoms with E-state index in [1.807, 2.05) is 13.8 Å². The molecule has 0 aliphatic rings. The largest absolute Gasteiger partial charge is 0.477 e. The first-order valence-electron chi connectivity index (χ1n) is 6.76. The van der Waals surface area contributed by atoms with Gasteiger partial charge in [-0.25, -0.2) is 9.78 Å². The summed E-state index contributed by atoms with van der Waals surface area (Å²) >= 11 is 1.67. The SMILES string of the molecule is Cc1ccn(CCCc2nc(C)c(C)s2)c(=O)c1C(=O)O. The summed E-state index contributed by atoms with van der Waals surface area (Å²) < 4.78 is 1.46. The Bertz CT molecular complexity index is 712. The third-order valence-corrected chi connectivity index (χ3v) is 4.58. The lowest BCUT2D eigenvalue weighted by Crippen LogP contribution is -2.27. The van der Waals surface area contributed by atoms with Gasteiger partial charge in [0.1, 0.15) is 5.56 Å². The van der Waals surface area contributed by atoms with Crippen LogP contribution >= 0.6 is 11.3 Å². The Balaban J connectivity index is 2.09. The van der Waals surface area contributed by atoms with Crippen molar-refractivity contribution in [1.82, 2.24) is 9.55 Å². The molecule has 0 spiro atoms. The molecule has 0 saturated heterocycles. The van der Waals surface area contributed by atoms with Crippen molar-refractivity contribution in [2.75, 3.05) is 0 Å². The van der Waals surface area contributed by atoms with E-state index in [0.29, 0.717) is 12.1 Å². The van der Waals surface area contributed by atoms with Gasteiger partial charge in [-0.2, -0.15) is 0 Å². The summed E-state index contributed by atoms with van der Waals surface area (Å²) in [6.45, 7) is 6.16. The number of carboxylic acid groups (broad SMARTS) is 1. The molecule has 2 rings (SSSR count). The minimum absolute atomic E-state index is 0.140. The highest BCUT2D eigenvalue weighted by molar-refractivity contribution is 7.11. The minimum atomic E-state index is -1.17. The zero-order valence-electron chi connectivity index (χ0n) is 12.3. The molecule has 0 aromatic carbocycles. The Morgan fingerprint density at radius 3 is 2.67 bits per heavy atom. The Morgan fingerprint density at radius 1 is 1.38 bits per heavy atom. The third-order valence-electron chi connectivity index (χ3n) is 3.45. The van der Waals surface area contributed by atoms with Crippen molar-refractivity contribution >= 4 is 17.3 Å². The van der Waals surface area contributed by atoms with E-state index in [1.54, 1.807) is 30.5 Å². The van der Waals surface area contributed by atoms with E-state index in [0.717, 1.165) is 23.5 Å². The molecule has 112 valence electrons. The molecule has 0 bridgehead atoms. The summed E-state index contributed by atoms with van der Waals surface area (Å²) in [4.78, 5) is 28.9. The average molecular weight is 306 g/mol. The van der Waals surface area contributed by atoms with Gasteiger partial charge in [-0.3, -0.25) is 4.79 Å². The molecular formula is C15H18N2O3S. The van der Waals surface area contributed by atoms with Gasteiger partial charge in [0.05, 0.1) is 10.7 Å². The maximum absolute atomic E-state index is 12.1. The quantitative estimate of drug-likeness (QED) is 0.921. The lowest BCUT2D eigenvalue weighted by Gasteiger charge is -2.07. The number of aryl methyl sites for hydroxylation is 5. The number of aromatic carboxylic acids is 1. The van der Waals surface area contributed by atoms with E-state index >= 15 is 0 Å². The van der Waals surface area contributed by atoms with Gasteiger partial charge in [0.15, 0.2) is 0 Å². The van der Waals surface area contributed by atoms with Gasteiger partial charge in [-0.15, -0.1) is 11.3 Å². The van der Waals surface area contributed by atoms with Crippen molar-refractivity contribution in [1.29, 1.82) is 0 Å². The number of carboxylic acids is 1. The van der Waals surface area contributed by atoms with Gasteiger partial charge in [0, 0.05) is 24.0 Å². The number of carbonyl (C=O) groups is 1. The van der Waals surface area contributed by atoms with Crippen molar-refractivity contribution in [3.8, 4) is 0 Å². The van der Waals surface area contributed by atoms with Crippen LogP contribution in [0.25, 0.3) is 0 Å². The van der Waals surface area contributed by atoms with Crippen molar-refractivity contribution in [3.63, 3.8) is 0 Å². The zero-order valence-corrected chi connectivity index (χ0v) is 13.2. The second kappa shape index (κ2) is 6.22. The fraction of sp³-hybridized carbons (Fsp3) is 0.400. The first-order chi connectivity index (χ1) is 9.90. The van der Waals surface area contributed by atoms with Gasteiger partial charge in [0.2, 0.25) is 0 Å². The number of nitrogens with zero attached hydrogens (tertiary/aromatic N) is 2. The monoisotopic (exact) mass is 306 g/mol. The Hall–Kier alpha value is -1.95. The highest BCUT2D eigenvalue weighted by atomic mass is 32.1. The molecule has 0 aliphatic carbocycles. The molecule has 6 heteroatoms. The zero-order chi connectivity index (χ0) is 15.6. The standard InChI is InChI=1S/C15H18N2O3S/c1-9-6-8-17(14(18)13(9)15(19)20)7-4-5-12-16-10(2)11(3)21-12/h6,8H,4-5,7H2,1-3H3,(H,19,20). The molecule has 0 aliphatic heterocycles. The van der Waals surface area contributed by atoms with Crippen LogP contribution in [0.1, 0.15) is 37.9 Å². The fourth-order valence-electron chi connectivity index (χ4n) is 2.15. The molecule has 0 atom stereocenters. The Morgan fingerprint density at radius 2 is 2.10 bits per heavy atom. The molecule has 1 N–H and O–H groups in total. The van der Waals surface area contributed by atoms with E-state index in [4.69, 9.17) is 5.11 Å². The third kappa shape index (κ3) is 3.39. The molecule has 5 nitrogen and oxygen atoms in total. The van der Waals surface area contributed by atoms with Gasteiger partial charge in [0.25, 0.3) is 5.56 Å². The summed E-state index contributed by atoms with van der Waals surface area (Å²) in [6, 6.07) is 1.67. The molecule has 0 radical (unpaired) electrons. The lowest BCUT2D eigenvalue weighted by atomic mass is 10.1. The molecule has 0 fully saturated rings. The summed E-state index contributed by atoms with van der Waals surface area (Å²) in [5.41, 5.74) is 0.970. The number of rotatable bonds is 5. The molecular weight excluding hydrogens is 288 g/mol. The van der Waals surface area contributed by atoms with E-state index in [1.165, 1.54) is 9.44 Å². The Kier molecular flexibility index (Phi) is 4.57. The molecule has 0 saturated carbocycles. The second-order valence-corrected chi connectivity index (χ2v) is 6.32. The molecule has 2 heterocycles. The van der Waals surface area contributed by atoms with E-state index in [-0.39, 0.29) is 5.56 Å². The normalized spacial score (nSPS) is 10.8. The van der Waals surface area contributed by atoms with Gasteiger partial charge < -0.3 is 9.67 Å². The van der Waals surface area contributed by atoms with Gasteiger partial charge >= 0.3 is 5.97 Å². The van der Waals surface area contributed by atoms with Crippen molar-refractivity contribution in [2.45, 2.75) is 40.2 Å². The fourth-order valence-corrected chi connectivity index (χ4v) is 3.12. The van der Waals surface area contributed by atoms with Crippen molar-refractivity contribution in [3.05, 3.63) is 49.3 Å². The van der Waals surface area contributed by atoms with Crippen molar-refractivity contribution in [2.24, 2.45) is 0 Å². The van der Waals surface area contributed by atoms with Crippen LogP contribution in [-0.4, -0.2) is 20.6 Å². The minimum Gasteiger partial charge on any atom is -0.477 e. The van der Waals surface area contributed by atoms with E-state index in [2.05, 4.69) is 4.98 Å². The summed E-state index contributed by atoms with van der Waals surface area (Å²) in [6.07, 6.45) is 3.21. The summed E-state index contributed by atoms with van der Waals surface area (Å²) in [5.74, 6) is -1.17. The van der Waals surface area contributed by atoms with E-state index in [9.17, 15) is 9.59 Å². The number of hydrogen-bond donors (Lipinski definition) is 1. The molecule has 2 aromatic rings. The first-order valence-corrected chi connectivity index (χ1v) is 7.58. The number of hydrogen-bond acceptors (Lipinski definition) is 4. The molecule has 2 aromatic heterocycles. The maximum Gasteiger partial charge on any atom is 0.341 e. The van der Waals surface area contributed by atoms with Crippen LogP contribution in [0.5, 0.6) is 0 Å².